The maximum Gasteiger partial charge on any atom is 0.191 e. The van der Waals surface area contributed by atoms with Gasteiger partial charge in [0.05, 0.1) is 12.7 Å². The Morgan fingerprint density at radius 3 is 2.63 bits per heavy atom. The fourth-order valence-electron chi connectivity index (χ4n) is 4.21. The molecule has 30 heavy (non-hydrogen) atoms. The molecule has 1 aliphatic rings. The molecule has 7 heteroatoms. The summed E-state index contributed by atoms with van der Waals surface area (Å²) >= 11 is 0. The molecule has 166 valence electrons. The smallest absolute Gasteiger partial charge is 0.191 e. The zero-order valence-electron chi connectivity index (χ0n) is 18.6. The van der Waals surface area contributed by atoms with Crippen LogP contribution in [0.3, 0.4) is 0 Å². The number of hydrogen-bond acceptors (Lipinski definition) is 3. The lowest BCUT2D eigenvalue weighted by molar-refractivity contribution is 0.0671. The number of guanidine groups is 1. The van der Waals surface area contributed by atoms with Crippen LogP contribution in [-0.4, -0.2) is 40.5 Å². The van der Waals surface area contributed by atoms with Gasteiger partial charge in [0.25, 0.3) is 0 Å². The summed E-state index contributed by atoms with van der Waals surface area (Å²) in [6, 6.07) is 8.91. The van der Waals surface area contributed by atoms with Gasteiger partial charge in [0, 0.05) is 37.3 Å². The van der Waals surface area contributed by atoms with E-state index in [4.69, 9.17) is 0 Å². The average molecular weight is 525 g/mol. The highest BCUT2D eigenvalue weighted by atomic mass is 127. The highest BCUT2D eigenvalue weighted by Crippen LogP contribution is 2.40. The van der Waals surface area contributed by atoms with Gasteiger partial charge in [-0.2, -0.15) is 5.10 Å². The van der Waals surface area contributed by atoms with Crippen LogP contribution in [0.25, 0.3) is 0 Å². The Labute approximate surface area is 197 Å². The number of rotatable bonds is 7. The first-order chi connectivity index (χ1) is 13.8. The normalized spacial score (nSPS) is 17.8. The molecular weight excluding hydrogens is 489 g/mol. The highest BCUT2D eigenvalue weighted by Gasteiger charge is 2.35. The van der Waals surface area contributed by atoms with Crippen LogP contribution >= 0.6 is 24.0 Å². The molecule has 1 atom stereocenters. The molecule has 1 aromatic carbocycles. The number of halogens is 1. The van der Waals surface area contributed by atoms with Crippen LogP contribution in [-0.2, 0) is 18.1 Å². The second-order valence-corrected chi connectivity index (χ2v) is 8.58. The van der Waals surface area contributed by atoms with Crippen molar-refractivity contribution in [1.29, 1.82) is 0 Å². The van der Waals surface area contributed by atoms with E-state index < -0.39 is 5.60 Å². The molecule has 0 aliphatic heterocycles. The van der Waals surface area contributed by atoms with Crippen molar-refractivity contribution in [3.63, 3.8) is 0 Å². The highest BCUT2D eigenvalue weighted by molar-refractivity contribution is 14.0. The third kappa shape index (κ3) is 5.97. The lowest BCUT2D eigenvalue weighted by atomic mass is 9.78. The topological polar surface area (TPSA) is 74.5 Å². The standard InChI is InChI=1S/C23H35N5O.HI/c1-5-24-21(25-16-22(3,29)20-14-27-28(4)15-20)26-17-23(11-6-7-12-23)19-10-8-9-18(2)13-19;/h8-10,13-15,29H,5-7,11-12,16-17H2,1-4H3,(H2,24,25,26);1H. The summed E-state index contributed by atoms with van der Waals surface area (Å²) in [5.41, 5.74) is 2.58. The van der Waals surface area contributed by atoms with Crippen molar-refractivity contribution in [3.05, 3.63) is 53.3 Å². The molecule has 1 heterocycles. The van der Waals surface area contributed by atoms with E-state index >= 15 is 0 Å². The van der Waals surface area contributed by atoms with Crippen molar-refractivity contribution in [2.24, 2.45) is 12.0 Å². The van der Waals surface area contributed by atoms with Crippen molar-refractivity contribution >= 4 is 29.9 Å². The summed E-state index contributed by atoms with van der Waals surface area (Å²) in [7, 11) is 1.85. The van der Waals surface area contributed by atoms with Crippen LogP contribution in [0, 0.1) is 6.92 Å². The maximum atomic E-state index is 10.8. The zero-order valence-corrected chi connectivity index (χ0v) is 20.9. The first kappa shape index (κ1) is 24.7. The molecule has 0 bridgehead atoms. The molecule has 3 N–H and O–H groups in total. The van der Waals surface area contributed by atoms with Gasteiger partial charge < -0.3 is 15.7 Å². The van der Waals surface area contributed by atoms with E-state index in [1.54, 1.807) is 17.8 Å². The van der Waals surface area contributed by atoms with E-state index in [1.165, 1.54) is 36.8 Å². The molecule has 3 rings (SSSR count). The Morgan fingerprint density at radius 2 is 2.03 bits per heavy atom. The predicted octanol–water partition coefficient (Wildman–Crippen LogP) is 3.62. The molecule has 0 spiro atoms. The molecule has 0 radical (unpaired) electrons. The van der Waals surface area contributed by atoms with Gasteiger partial charge in [0.2, 0.25) is 0 Å². The fourth-order valence-corrected chi connectivity index (χ4v) is 4.21. The number of aliphatic hydroxyl groups is 1. The molecule has 1 aromatic heterocycles. The first-order valence-corrected chi connectivity index (χ1v) is 10.7. The lowest BCUT2D eigenvalue weighted by Crippen LogP contribution is -2.45. The van der Waals surface area contributed by atoms with E-state index in [1.807, 2.05) is 13.2 Å². The Hall–Kier alpha value is -1.61. The van der Waals surface area contributed by atoms with E-state index in [9.17, 15) is 5.11 Å². The van der Waals surface area contributed by atoms with Gasteiger partial charge in [0.15, 0.2) is 5.96 Å². The van der Waals surface area contributed by atoms with E-state index in [-0.39, 0.29) is 35.9 Å². The molecular formula is C23H36IN5O. The number of nitrogens with one attached hydrogen (secondary N) is 2. The molecule has 1 unspecified atom stereocenters. The minimum Gasteiger partial charge on any atom is -0.383 e. The van der Waals surface area contributed by atoms with E-state index in [0.29, 0.717) is 0 Å². The Bertz CT molecular complexity index is 840. The Morgan fingerprint density at radius 1 is 1.30 bits per heavy atom. The number of benzene rings is 1. The zero-order chi connectivity index (χ0) is 20.9. The molecule has 1 fully saturated rings. The van der Waals surface area contributed by atoms with E-state index in [0.717, 1.165) is 24.6 Å². The summed E-state index contributed by atoms with van der Waals surface area (Å²) in [4.78, 5) is 4.68. The van der Waals surface area contributed by atoms with Crippen molar-refractivity contribution in [2.45, 2.75) is 57.5 Å². The average Bonchev–Trinajstić information content (AvgIpc) is 3.34. The molecule has 0 saturated heterocycles. The van der Waals surface area contributed by atoms with Gasteiger partial charge in [-0.25, -0.2) is 4.99 Å². The summed E-state index contributed by atoms with van der Waals surface area (Å²) in [6.07, 6.45) is 8.44. The summed E-state index contributed by atoms with van der Waals surface area (Å²) in [6.45, 7) is 7.89. The summed E-state index contributed by atoms with van der Waals surface area (Å²) < 4.78 is 1.70. The maximum absolute atomic E-state index is 10.8. The Balaban J connectivity index is 0.00000320. The van der Waals surface area contributed by atoms with Crippen molar-refractivity contribution in [3.8, 4) is 0 Å². The Kier molecular flexibility index (Phi) is 8.73. The fraction of sp³-hybridized carbons (Fsp3) is 0.565. The van der Waals surface area contributed by atoms with Gasteiger partial charge in [-0.1, -0.05) is 42.7 Å². The largest absolute Gasteiger partial charge is 0.383 e. The minimum atomic E-state index is -1.06. The minimum absolute atomic E-state index is 0. The van der Waals surface area contributed by atoms with Crippen LogP contribution in [0.2, 0.25) is 0 Å². The number of aliphatic imine (C=N–C) groups is 1. The van der Waals surface area contributed by atoms with Gasteiger partial charge in [-0.3, -0.25) is 4.68 Å². The number of aromatic nitrogens is 2. The van der Waals surface area contributed by atoms with Gasteiger partial charge in [0.1, 0.15) is 5.60 Å². The second-order valence-electron chi connectivity index (χ2n) is 8.58. The van der Waals surface area contributed by atoms with E-state index in [2.05, 4.69) is 58.8 Å². The molecule has 1 saturated carbocycles. The monoisotopic (exact) mass is 525 g/mol. The van der Waals surface area contributed by atoms with Gasteiger partial charge in [-0.15, -0.1) is 24.0 Å². The first-order valence-electron chi connectivity index (χ1n) is 10.7. The van der Waals surface area contributed by atoms with Crippen molar-refractivity contribution in [2.75, 3.05) is 19.6 Å². The molecule has 6 nitrogen and oxygen atoms in total. The predicted molar refractivity (Wildman–Crippen MR) is 134 cm³/mol. The van der Waals surface area contributed by atoms with Crippen molar-refractivity contribution < 1.29 is 5.11 Å². The van der Waals surface area contributed by atoms with Gasteiger partial charge >= 0.3 is 0 Å². The van der Waals surface area contributed by atoms with Crippen LogP contribution in [0.5, 0.6) is 0 Å². The van der Waals surface area contributed by atoms with Crippen LogP contribution in [0.15, 0.2) is 41.7 Å². The molecule has 2 aromatic rings. The van der Waals surface area contributed by atoms with Crippen LogP contribution in [0.4, 0.5) is 0 Å². The SMILES string of the molecule is CCNC(=NCC(C)(O)c1cnn(C)c1)NCC1(c2cccc(C)c2)CCCC1.I. The van der Waals surface area contributed by atoms with Crippen LogP contribution in [0.1, 0.15) is 56.2 Å². The molecule has 1 aliphatic carbocycles. The third-order valence-corrected chi connectivity index (χ3v) is 6.00. The third-order valence-electron chi connectivity index (χ3n) is 6.00. The van der Waals surface area contributed by atoms with Crippen molar-refractivity contribution in [1.82, 2.24) is 20.4 Å². The molecule has 0 amide bonds. The van der Waals surface area contributed by atoms with Gasteiger partial charge in [-0.05, 0) is 39.2 Å². The second kappa shape index (κ2) is 10.6. The lowest BCUT2D eigenvalue weighted by Gasteiger charge is -2.31. The number of aryl methyl sites for hydroxylation is 2. The number of nitrogens with zero attached hydrogens (tertiary/aromatic N) is 3. The number of hydrogen-bond donors (Lipinski definition) is 3. The quantitative estimate of drug-likeness (QED) is 0.293. The summed E-state index contributed by atoms with van der Waals surface area (Å²) in [5, 5.41) is 21.9. The summed E-state index contributed by atoms with van der Waals surface area (Å²) in [5.74, 6) is 0.746. The van der Waals surface area contributed by atoms with Crippen LogP contribution < -0.4 is 10.6 Å².